The molecule has 1 aliphatic heterocycles. The van der Waals surface area contributed by atoms with E-state index in [9.17, 15) is 21.4 Å². The molecule has 1 unspecified atom stereocenters. The van der Waals surface area contributed by atoms with E-state index in [1.807, 2.05) is 62.4 Å². The van der Waals surface area contributed by atoms with Crippen LogP contribution in [-0.2, 0) is 20.1 Å². The lowest BCUT2D eigenvalue weighted by Crippen LogP contribution is -2.28. The van der Waals surface area contributed by atoms with Crippen LogP contribution in [-0.4, -0.2) is 34.2 Å². The lowest BCUT2D eigenvalue weighted by atomic mass is 9.92. The molecule has 1 heterocycles. The van der Waals surface area contributed by atoms with Gasteiger partial charge in [0.2, 0.25) is 10.0 Å². The van der Waals surface area contributed by atoms with Crippen LogP contribution in [0.4, 0.5) is 11.4 Å². The molecule has 57 heavy (non-hydrogen) atoms. The van der Waals surface area contributed by atoms with Gasteiger partial charge in [0.15, 0.2) is 0 Å². The van der Waals surface area contributed by atoms with E-state index in [1.165, 1.54) is 25.2 Å². The molecule has 5 aromatic carbocycles. The molecule has 0 radical (unpaired) electrons. The van der Waals surface area contributed by atoms with Gasteiger partial charge in [-0.3, -0.25) is 0 Å². The van der Waals surface area contributed by atoms with Crippen molar-refractivity contribution in [1.82, 2.24) is 4.72 Å². The molecule has 1 atom stereocenters. The second kappa shape index (κ2) is 20.1. The molecule has 304 valence electrons. The second-order valence-corrected chi connectivity index (χ2v) is 17.4. The zero-order valence-electron chi connectivity index (χ0n) is 34.6. The largest absolute Gasteiger partial charge is 0.744 e. The maximum absolute atomic E-state index is 12.3. The Balaban J connectivity index is 0.000000411. The van der Waals surface area contributed by atoms with E-state index in [4.69, 9.17) is 4.74 Å². The van der Waals surface area contributed by atoms with Gasteiger partial charge in [-0.15, -0.1) is 34.1 Å². The van der Waals surface area contributed by atoms with Crippen LogP contribution in [0.15, 0.2) is 102 Å². The third-order valence-electron chi connectivity index (χ3n) is 9.83. The summed E-state index contributed by atoms with van der Waals surface area (Å²) in [6, 6.07) is 30.1. The summed E-state index contributed by atoms with van der Waals surface area (Å²) < 4.78 is 67.7. The average Bonchev–Trinajstić information content (AvgIpc) is 3.17. The Morgan fingerprint density at radius 2 is 1.37 bits per heavy atom. The Labute approximate surface area is 340 Å². The molecule has 6 rings (SSSR count). The minimum Gasteiger partial charge on any atom is -0.744 e. The van der Waals surface area contributed by atoms with Gasteiger partial charge in [0.05, 0.1) is 11.2 Å². The lowest BCUT2D eigenvalue weighted by molar-refractivity contribution is 0.444. The molecule has 0 saturated heterocycles. The Morgan fingerprint density at radius 1 is 0.737 bits per heavy atom. The molecule has 0 fully saturated rings. The number of rotatable bonds is 12. The quantitative estimate of drug-likeness (QED) is 0.0933. The van der Waals surface area contributed by atoms with Crippen molar-refractivity contribution < 1.29 is 26.1 Å². The van der Waals surface area contributed by atoms with Gasteiger partial charge in [0.1, 0.15) is 21.6 Å². The van der Waals surface area contributed by atoms with E-state index in [2.05, 4.69) is 81.9 Å². The second-order valence-electron chi connectivity index (χ2n) is 14.2. The topological polar surface area (TPSA) is 125 Å². The maximum Gasteiger partial charge on any atom is 0.208 e. The molecular weight excluding hydrogens is 753 g/mol. The Bertz CT molecular complexity index is 2490. The van der Waals surface area contributed by atoms with Gasteiger partial charge in [-0.2, -0.15) is 0 Å². The number of ether oxygens (including phenoxy) is 1. The number of anilines is 2. The first kappa shape index (κ1) is 45.0. The van der Waals surface area contributed by atoms with Gasteiger partial charge in [-0.1, -0.05) is 128 Å². The minimum absolute atomic E-state index is 0.269. The highest BCUT2D eigenvalue weighted by molar-refractivity contribution is 7.88. The van der Waals surface area contributed by atoms with Gasteiger partial charge in [-0.05, 0) is 55.5 Å². The van der Waals surface area contributed by atoms with Crippen LogP contribution in [0.25, 0.3) is 11.6 Å². The molecule has 0 saturated carbocycles. The first-order chi connectivity index (χ1) is 27.1. The first-order valence-corrected chi connectivity index (χ1v) is 22.9. The van der Waals surface area contributed by atoms with E-state index in [-0.39, 0.29) is 4.90 Å². The van der Waals surface area contributed by atoms with Crippen molar-refractivity contribution >= 4 is 43.2 Å². The summed E-state index contributed by atoms with van der Waals surface area (Å²) in [6.07, 6.45) is 9.25. The van der Waals surface area contributed by atoms with E-state index >= 15 is 0 Å². The summed E-state index contributed by atoms with van der Waals surface area (Å²) >= 11 is 0. The third-order valence-corrected chi connectivity index (χ3v) is 11.4. The van der Waals surface area contributed by atoms with Gasteiger partial charge < -0.3 is 14.6 Å². The molecule has 0 bridgehead atoms. The van der Waals surface area contributed by atoms with E-state index in [0.29, 0.717) is 45.9 Å². The summed E-state index contributed by atoms with van der Waals surface area (Å²) in [5, 5.41) is 5.03. The van der Waals surface area contributed by atoms with Crippen molar-refractivity contribution in [3.05, 3.63) is 146 Å². The lowest BCUT2D eigenvalue weighted by Gasteiger charge is -2.25. The highest BCUT2D eigenvalue weighted by Crippen LogP contribution is 2.40. The number of para-hydroxylation sites is 1. The van der Waals surface area contributed by atoms with Gasteiger partial charge in [0.25, 0.3) is 0 Å². The van der Waals surface area contributed by atoms with Gasteiger partial charge >= 0.3 is 0 Å². The van der Waals surface area contributed by atoms with Crippen LogP contribution >= 0.6 is 0 Å². The van der Waals surface area contributed by atoms with Crippen molar-refractivity contribution in [2.24, 2.45) is 5.92 Å². The standard InChI is InChI=1S/C36H30NO4S.C9H21NO2S.C2H6/c1-22-9-7-10-23(2)31(22)19-26-15-17-28-32(20-26)41-33-21-27(37-36-24(3)11-8-12-25(36)4)16-18-29(33)35(28)30-13-5-6-14-34(30)42(38,39)40;1-4-6-7-9(5-2)8-10-13(3,11)12;1-2/h5-18,20-21,37H,1-4H3,(H,38,39,40);9-10H,4-8H2,1-3H3;1-2H3/q-1;;/p-1. The SMILES string of the molecule is CC.CCCCC(CC)CNS(C)(=O)=O.Cc1cccc(C)c1[C-]=c1ccc2c(c1)Oc1cc(Nc3c(C)cccc3C)ccc1C=2c1ccccc1S(=O)(=O)[O-]. The summed E-state index contributed by atoms with van der Waals surface area (Å²) in [4.78, 5) is -0.269. The molecule has 8 nitrogen and oxygen atoms in total. The molecular formula is C47H56N2O6S2-2. The summed E-state index contributed by atoms with van der Waals surface area (Å²) in [7, 11) is -7.75. The Kier molecular flexibility index (Phi) is 15.9. The van der Waals surface area contributed by atoms with Crippen molar-refractivity contribution in [2.45, 2.75) is 86.0 Å². The van der Waals surface area contributed by atoms with Crippen LogP contribution in [0, 0.1) is 33.6 Å². The molecule has 0 aromatic heterocycles. The van der Waals surface area contributed by atoms with E-state index in [1.54, 1.807) is 18.2 Å². The molecule has 10 heteroatoms. The number of fused-ring (bicyclic) bond motifs is 2. The van der Waals surface area contributed by atoms with Gasteiger partial charge in [-0.25, -0.2) is 21.6 Å². The number of nitrogens with one attached hydrogen (secondary N) is 2. The first-order valence-electron chi connectivity index (χ1n) is 19.6. The van der Waals surface area contributed by atoms with Crippen molar-refractivity contribution in [1.29, 1.82) is 0 Å². The highest BCUT2D eigenvalue weighted by Gasteiger charge is 2.23. The van der Waals surface area contributed by atoms with Crippen molar-refractivity contribution in [3.8, 4) is 11.5 Å². The summed E-state index contributed by atoms with van der Waals surface area (Å²) in [5.74, 6) is 1.60. The van der Waals surface area contributed by atoms with E-state index in [0.717, 1.165) is 57.3 Å². The normalized spacial score (nSPS) is 12.9. The number of sulfonamides is 1. The summed E-state index contributed by atoms with van der Waals surface area (Å²) in [5.41, 5.74) is 8.96. The number of unbranched alkanes of at least 4 members (excludes halogenated alkanes) is 1. The van der Waals surface area contributed by atoms with Crippen LogP contribution in [0.3, 0.4) is 0 Å². The zero-order chi connectivity index (χ0) is 41.9. The zero-order valence-corrected chi connectivity index (χ0v) is 36.2. The number of benzene rings is 5. The highest BCUT2D eigenvalue weighted by atomic mass is 32.2. The smallest absolute Gasteiger partial charge is 0.208 e. The Morgan fingerprint density at radius 3 is 1.96 bits per heavy atom. The maximum atomic E-state index is 12.3. The predicted octanol–water partition coefficient (Wildman–Crippen LogP) is 9.40. The fourth-order valence-electron chi connectivity index (χ4n) is 6.75. The average molecular weight is 809 g/mol. The molecule has 1 aliphatic rings. The number of hydrogen-bond acceptors (Lipinski definition) is 7. The third kappa shape index (κ3) is 11.9. The fraction of sp³-hybridized carbons (Fsp3) is 0.319. The van der Waals surface area contributed by atoms with Crippen LogP contribution in [0.1, 0.15) is 92.3 Å². The Hall–Kier alpha value is -4.74. The minimum atomic E-state index is -4.74. The summed E-state index contributed by atoms with van der Waals surface area (Å²) in [6.45, 7) is 17.1. The molecule has 0 spiro atoms. The monoisotopic (exact) mass is 808 g/mol. The van der Waals surface area contributed by atoms with Gasteiger partial charge in [0, 0.05) is 45.9 Å². The van der Waals surface area contributed by atoms with Crippen LogP contribution < -0.4 is 25.2 Å². The number of hydrogen-bond donors (Lipinski definition) is 2. The molecule has 5 aromatic rings. The van der Waals surface area contributed by atoms with Crippen molar-refractivity contribution in [2.75, 3.05) is 18.1 Å². The van der Waals surface area contributed by atoms with Crippen LogP contribution in [0.2, 0.25) is 0 Å². The van der Waals surface area contributed by atoms with Crippen LogP contribution in [0.5, 0.6) is 11.5 Å². The molecule has 2 N–H and O–H groups in total. The molecule has 0 aliphatic carbocycles. The fourth-order valence-corrected chi connectivity index (χ4v) is 7.97. The van der Waals surface area contributed by atoms with E-state index < -0.39 is 20.1 Å². The number of aryl methyl sites for hydroxylation is 4. The van der Waals surface area contributed by atoms with Crippen molar-refractivity contribution in [3.63, 3.8) is 0 Å². The predicted molar refractivity (Wildman–Crippen MR) is 233 cm³/mol. The molecule has 0 amide bonds.